The highest BCUT2D eigenvalue weighted by atomic mass is 35.5. The van der Waals surface area contributed by atoms with Crippen LogP contribution in [-0.2, 0) is 4.79 Å². The Labute approximate surface area is 177 Å². The number of methoxy groups -OCH3 is 1. The fourth-order valence-electron chi connectivity index (χ4n) is 2.13. The van der Waals surface area contributed by atoms with Gasteiger partial charge in [-0.3, -0.25) is 4.79 Å². The molecule has 0 saturated heterocycles. The Kier molecular flexibility index (Phi) is 8.44. The van der Waals surface area contributed by atoms with E-state index in [4.69, 9.17) is 56.5 Å². The normalized spacial score (nSPS) is 10.2. The molecule has 27 heavy (non-hydrogen) atoms. The number of ether oxygens (including phenoxy) is 2. The molecule has 0 aliphatic carbocycles. The SMILES string of the molecule is COc1ccc(Cl)cc1NC(=S)NC(=O)CCCOc1ccc(Cl)cc1Cl. The Morgan fingerprint density at radius 1 is 1.07 bits per heavy atom. The number of anilines is 1. The Hall–Kier alpha value is -1.73. The van der Waals surface area contributed by atoms with Gasteiger partial charge >= 0.3 is 0 Å². The fourth-order valence-corrected chi connectivity index (χ4v) is 2.99. The van der Waals surface area contributed by atoms with Crippen LogP contribution < -0.4 is 20.1 Å². The summed E-state index contributed by atoms with van der Waals surface area (Å²) in [5.41, 5.74) is 0.566. The first-order valence-corrected chi connectivity index (χ1v) is 9.45. The highest BCUT2D eigenvalue weighted by molar-refractivity contribution is 7.80. The number of halogens is 3. The monoisotopic (exact) mass is 446 g/mol. The second-order valence-corrected chi connectivity index (χ2v) is 7.06. The van der Waals surface area contributed by atoms with Gasteiger partial charge in [-0.15, -0.1) is 0 Å². The quantitative estimate of drug-likeness (QED) is 0.444. The average Bonchev–Trinajstić information content (AvgIpc) is 2.60. The van der Waals surface area contributed by atoms with Gasteiger partial charge < -0.3 is 20.1 Å². The van der Waals surface area contributed by atoms with Crippen molar-refractivity contribution in [2.45, 2.75) is 12.8 Å². The van der Waals surface area contributed by atoms with E-state index in [2.05, 4.69) is 10.6 Å². The molecule has 0 saturated carbocycles. The number of hydrogen-bond acceptors (Lipinski definition) is 4. The standard InChI is InChI=1S/C18H17Cl3N2O3S/c1-25-16-7-5-12(20)10-14(16)22-18(27)23-17(24)3-2-8-26-15-6-4-11(19)9-13(15)21/h4-7,9-10H,2-3,8H2,1H3,(H2,22,23,24,27). The fraction of sp³-hybridized carbons (Fsp3) is 0.222. The molecule has 0 radical (unpaired) electrons. The van der Waals surface area contributed by atoms with E-state index < -0.39 is 0 Å². The summed E-state index contributed by atoms with van der Waals surface area (Å²) in [5, 5.41) is 7.12. The number of benzene rings is 2. The molecule has 1 amide bonds. The van der Waals surface area contributed by atoms with E-state index in [1.807, 2.05) is 0 Å². The second-order valence-electron chi connectivity index (χ2n) is 5.37. The summed E-state index contributed by atoms with van der Waals surface area (Å²) in [6.07, 6.45) is 0.730. The van der Waals surface area contributed by atoms with Crippen LogP contribution in [0.3, 0.4) is 0 Å². The number of thiocarbonyl (C=S) groups is 1. The van der Waals surface area contributed by atoms with Crippen LogP contribution in [0.4, 0.5) is 5.69 Å². The third-order valence-corrected chi connectivity index (χ3v) is 4.33. The summed E-state index contributed by atoms with van der Waals surface area (Å²) in [6.45, 7) is 0.330. The van der Waals surface area contributed by atoms with E-state index in [1.54, 1.807) is 36.4 Å². The van der Waals surface area contributed by atoms with Crippen molar-refractivity contribution in [3.8, 4) is 11.5 Å². The van der Waals surface area contributed by atoms with Crippen molar-refractivity contribution in [1.82, 2.24) is 5.32 Å². The first-order chi connectivity index (χ1) is 12.9. The second kappa shape index (κ2) is 10.6. The summed E-state index contributed by atoms with van der Waals surface area (Å²) in [7, 11) is 1.53. The zero-order valence-corrected chi connectivity index (χ0v) is 17.4. The molecular weight excluding hydrogens is 431 g/mol. The van der Waals surface area contributed by atoms with Crippen molar-refractivity contribution < 1.29 is 14.3 Å². The van der Waals surface area contributed by atoms with E-state index in [9.17, 15) is 4.79 Å². The molecule has 2 aromatic rings. The van der Waals surface area contributed by atoms with Crippen molar-refractivity contribution >= 4 is 63.7 Å². The van der Waals surface area contributed by atoms with Gasteiger partial charge in [0.25, 0.3) is 0 Å². The maximum absolute atomic E-state index is 12.0. The minimum atomic E-state index is -0.237. The van der Waals surface area contributed by atoms with E-state index in [0.29, 0.717) is 45.3 Å². The molecule has 0 atom stereocenters. The minimum Gasteiger partial charge on any atom is -0.495 e. The molecule has 2 rings (SSSR count). The van der Waals surface area contributed by atoms with Gasteiger partial charge in [-0.05, 0) is 55.0 Å². The van der Waals surface area contributed by atoms with Crippen LogP contribution in [0.1, 0.15) is 12.8 Å². The Morgan fingerprint density at radius 2 is 1.74 bits per heavy atom. The van der Waals surface area contributed by atoms with Crippen molar-refractivity contribution in [2.75, 3.05) is 19.0 Å². The van der Waals surface area contributed by atoms with Gasteiger partial charge in [0, 0.05) is 16.5 Å². The van der Waals surface area contributed by atoms with Crippen LogP contribution in [0.15, 0.2) is 36.4 Å². The molecule has 2 N–H and O–H groups in total. The molecule has 2 aromatic carbocycles. The minimum absolute atomic E-state index is 0.155. The largest absolute Gasteiger partial charge is 0.495 e. The first kappa shape index (κ1) is 21.6. The van der Waals surface area contributed by atoms with Crippen molar-refractivity contribution in [2.24, 2.45) is 0 Å². The van der Waals surface area contributed by atoms with E-state index in [1.165, 1.54) is 7.11 Å². The summed E-state index contributed by atoms with van der Waals surface area (Å²) in [4.78, 5) is 12.0. The van der Waals surface area contributed by atoms with Crippen LogP contribution in [0.25, 0.3) is 0 Å². The third-order valence-electron chi connectivity index (χ3n) is 3.36. The zero-order valence-electron chi connectivity index (χ0n) is 14.4. The molecule has 0 spiro atoms. The molecule has 0 heterocycles. The van der Waals surface area contributed by atoms with Crippen LogP contribution in [0.5, 0.6) is 11.5 Å². The summed E-state index contributed by atoms with van der Waals surface area (Å²) >= 11 is 23.0. The highest BCUT2D eigenvalue weighted by Crippen LogP contribution is 2.28. The maximum Gasteiger partial charge on any atom is 0.226 e. The van der Waals surface area contributed by atoms with Crippen molar-refractivity contribution in [3.05, 3.63) is 51.5 Å². The lowest BCUT2D eigenvalue weighted by Crippen LogP contribution is -2.34. The number of carbonyl (C=O) groups excluding carboxylic acids is 1. The van der Waals surface area contributed by atoms with Gasteiger partial charge in [0.2, 0.25) is 5.91 Å². The highest BCUT2D eigenvalue weighted by Gasteiger charge is 2.09. The van der Waals surface area contributed by atoms with Crippen LogP contribution in [-0.4, -0.2) is 24.7 Å². The third kappa shape index (κ3) is 7.07. The molecule has 144 valence electrons. The molecule has 5 nitrogen and oxygen atoms in total. The molecule has 0 unspecified atom stereocenters. The zero-order chi connectivity index (χ0) is 19.8. The van der Waals surface area contributed by atoms with Crippen LogP contribution in [0.2, 0.25) is 15.1 Å². The first-order valence-electron chi connectivity index (χ1n) is 7.91. The lowest BCUT2D eigenvalue weighted by atomic mass is 10.3. The van der Waals surface area contributed by atoms with Gasteiger partial charge in [-0.25, -0.2) is 0 Å². The van der Waals surface area contributed by atoms with Crippen LogP contribution >= 0.6 is 47.0 Å². The van der Waals surface area contributed by atoms with E-state index in [0.717, 1.165) is 0 Å². The van der Waals surface area contributed by atoms with Crippen LogP contribution in [0, 0.1) is 0 Å². The van der Waals surface area contributed by atoms with Gasteiger partial charge in [0.05, 0.1) is 24.4 Å². The summed E-state index contributed by atoms with van der Waals surface area (Å²) in [6, 6.07) is 10.0. The number of hydrogen-bond donors (Lipinski definition) is 2. The van der Waals surface area contributed by atoms with Crippen molar-refractivity contribution in [1.29, 1.82) is 0 Å². The predicted molar refractivity (Wildman–Crippen MR) is 114 cm³/mol. The molecule has 0 aliphatic rings. The molecule has 0 bridgehead atoms. The number of amides is 1. The average molecular weight is 448 g/mol. The maximum atomic E-state index is 12.0. The number of rotatable bonds is 7. The number of carbonyl (C=O) groups is 1. The molecular formula is C18H17Cl3N2O3S. The molecule has 9 heteroatoms. The van der Waals surface area contributed by atoms with Gasteiger partial charge in [-0.1, -0.05) is 34.8 Å². The van der Waals surface area contributed by atoms with Gasteiger partial charge in [0.1, 0.15) is 11.5 Å². The lowest BCUT2D eigenvalue weighted by molar-refractivity contribution is -0.119. The van der Waals surface area contributed by atoms with Crippen molar-refractivity contribution in [3.63, 3.8) is 0 Å². The topological polar surface area (TPSA) is 59.6 Å². The van der Waals surface area contributed by atoms with Gasteiger partial charge in [0.15, 0.2) is 5.11 Å². The smallest absolute Gasteiger partial charge is 0.226 e. The molecule has 0 fully saturated rings. The Balaban J connectivity index is 1.75. The Bertz CT molecular complexity index is 833. The summed E-state index contributed by atoms with van der Waals surface area (Å²) in [5.74, 6) is 0.843. The van der Waals surface area contributed by atoms with Gasteiger partial charge in [-0.2, -0.15) is 0 Å². The molecule has 0 aliphatic heterocycles. The Morgan fingerprint density at radius 3 is 2.41 bits per heavy atom. The van der Waals surface area contributed by atoms with E-state index >= 15 is 0 Å². The van der Waals surface area contributed by atoms with E-state index in [-0.39, 0.29) is 17.4 Å². The predicted octanol–water partition coefficient (Wildman–Crippen LogP) is 5.33. The lowest BCUT2D eigenvalue weighted by Gasteiger charge is -2.13. The molecule has 0 aromatic heterocycles. The summed E-state index contributed by atoms with van der Waals surface area (Å²) < 4.78 is 10.8. The number of nitrogens with one attached hydrogen (secondary N) is 2.